The zero-order valence-electron chi connectivity index (χ0n) is 9.21. The van der Waals surface area contributed by atoms with E-state index in [0.29, 0.717) is 0 Å². The van der Waals surface area contributed by atoms with Gasteiger partial charge in [-0.25, -0.2) is 0 Å². The molecule has 0 aromatic carbocycles. The Bertz CT molecular complexity index is 459. The van der Waals surface area contributed by atoms with Gasteiger partial charge in [0.15, 0.2) is 5.76 Å². The fourth-order valence-electron chi connectivity index (χ4n) is 1.41. The number of thiophene rings is 1. The molecule has 0 atom stereocenters. The maximum absolute atomic E-state index is 5.11. The summed E-state index contributed by atoms with van der Waals surface area (Å²) >= 11 is 5.31. The summed E-state index contributed by atoms with van der Waals surface area (Å²) in [5, 5.41) is 7.17. The van der Waals surface area contributed by atoms with Gasteiger partial charge in [0.2, 0.25) is 0 Å². The summed E-state index contributed by atoms with van der Waals surface area (Å²) < 4.78 is 6.30. The molecule has 0 amide bonds. The summed E-state index contributed by atoms with van der Waals surface area (Å²) in [6, 6.07) is 4.10. The molecular weight excluding hydrogens is 288 g/mol. The van der Waals surface area contributed by atoms with Crippen LogP contribution >= 0.6 is 27.3 Å². The van der Waals surface area contributed by atoms with Crippen LogP contribution in [0.25, 0.3) is 0 Å². The van der Waals surface area contributed by atoms with Gasteiger partial charge >= 0.3 is 0 Å². The minimum Gasteiger partial charge on any atom is -0.360 e. The van der Waals surface area contributed by atoms with Crippen LogP contribution in [0.1, 0.15) is 21.2 Å². The normalized spacial score (nSPS) is 10.9. The molecule has 86 valence electrons. The summed E-state index contributed by atoms with van der Waals surface area (Å²) in [6.07, 6.45) is 0. The first-order valence-corrected chi connectivity index (χ1v) is 6.64. The van der Waals surface area contributed by atoms with Gasteiger partial charge in [-0.1, -0.05) is 5.16 Å². The van der Waals surface area contributed by atoms with Crippen LogP contribution in [0.15, 0.2) is 21.1 Å². The second-order valence-corrected chi connectivity index (χ2v) is 5.85. The van der Waals surface area contributed by atoms with E-state index in [1.54, 1.807) is 11.3 Å². The molecule has 3 nitrogen and oxygen atoms in total. The average Bonchev–Trinajstić information content (AvgIpc) is 2.75. The van der Waals surface area contributed by atoms with E-state index in [9.17, 15) is 0 Å². The molecule has 0 bridgehead atoms. The molecule has 0 aliphatic rings. The number of nitrogens with one attached hydrogen (secondary N) is 1. The lowest BCUT2D eigenvalue weighted by Crippen LogP contribution is -2.10. The number of nitrogens with zero attached hydrogens (tertiary/aromatic N) is 1. The molecule has 0 saturated heterocycles. The van der Waals surface area contributed by atoms with Crippen LogP contribution in [-0.4, -0.2) is 5.16 Å². The highest BCUT2D eigenvalue weighted by atomic mass is 79.9. The van der Waals surface area contributed by atoms with Crippen molar-refractivity contribution in [3.63, 3.8) is 0 Å². The SMILES string of the molecule is Cc1cc(CNCc2cc(Br)c(C)s2)on1. The molecule has 2 aromatic heterocycles. The van der Waals surface area contributed by atoms with Gasteiger partial charge in [-0.2, -0.15) is 0 Å². The summed E-state index contributed by atoms with van der Waals surface area (Å²) in [6.45, 7) is 5.61. The topological polar surface area (TPSA) is 38.1 Å². The smallest absolute Gasteiger partial charge is 0.150 e. The van der Waals surface area contributed by atoms with Gasteiger partial charge in [0.05, 0.1) is 12.2 Å². The van der Waals surface area contributed by atoms with E-state index < -0.39 is 0 Å². The molecule has 5 heteroatoms. The number of rotatable bonds is 4. The fourth-order valence-corrected chi connectivity index (χ4v) is 2.98. The Balaban J connectivity index is 1.84. The van der Waals surface area contributed by atoms with Crippen molar-refractivity contribution in [1.29, 1.82) is 0 Å². The van der Waals surface area contributed by atoms with Gasteiger partial charge in [-0.15, -0.1) is 11.3 Å². The molecule has 0 fully saturated rings. The number of hydrogen-bond donors (Lipinski definition) is 1. The van der Waals surface area contributed by atoms with Crippen LogP contribution < -0.4 is 5.32 Å². The number of aryl methyl sites for hydroxylation is 2. The van der Waals surface area contributed by atoms with E-state index in [1.807, 2.05) is 13.0 Å². The average molecular weight is 301 g/mol. The Kier molecular flexibility index (Phi) is 3.78. The summed E-state index contributed by atoms with van der Waals surface area (Å²) in [4.78, 5) is 2.63. The summed E-state index contributed by atoms with van der Waals surface area (Å²) in [5.74, 6) is 0.879. The van der Waals surface area contributed by atoms with Crippen molar-refractivity contribution in [2.24, 2.45) is 0 Å². The van der Waals surface area contributed by atoms with E-state index in [1.165, 1.54) is 14.2 Å². The molecule has 2 rings (SSSR count). The van der Waals surface area contributed by atoms with Crippen molar-refractivity contribution in [2.45, 2.75) is 26.9 Å². The molecule has 2 heterocycles. The van der Waals surface area contributed by atoms with Crippen LogP contribution in [0.5, 0.6) is 0 Å². The second kappa shape index (κ2) is 5.12. The lowest BCUT2D eigenvalue weighted by molar-refractivity contribution is 0.369. The van der Waals surface area contributed by atoms with E-state index in [-0.39, 0.29) is 0 Å². The Morgan fingerprint density at radius 1 is 1.38 bits per heavy atom. The predicted octanol–water partition coefficient (Wildman–Crippen LogP) is 3.41. The first kappa shape index (κ1) is 11.8. The van der Waals surface area contributed by atoms with Gasteiger partial charge < -0.3 is 9.84 Å². The molecule has 0 aliphatic carbocycles. The van der Waals surface area contributed by atoms with Gasteiger partial charge in [0.25, 0.3) is 0 Å². The zero-order chi connectivity index (χ0) is 11.5. The van der Waals surface area contributed by atoms with Crippen molar-refractivity contribution in [3.05, 3.63) is 37.8 Å². The van der Waals surface area contributed by atoms with Crippen molar-refractivity contribution in [3.8, 4) is 0 Å². The molecular formula is C11H13BrN2OS. The lowest BCUT2D eigenvalue weighted by Gasteiger charge is -1.98. The lowest BCUT2D eigenvalue weighted by atomic mass is 10.4. The van der Waals surface area contributed by atoms with E-state index in [0.717, 1.165) is 24.5 Å². The van der Waals surface area contributed by atoms with Gasteiger partial charge in [0.1, 0.15) is 0 Å². The third-order valence-corrected chi connectivity index (χ3v) is 4.32. The van der Waals surface area contributed by atoms with E-state index in [4.69, 9.17) is 4.52 Å². The van der Waals surface area contributed by atoms with E-state index >= 15 is 0 Å². The summed E-state index contributed by atoms with van der Waals surface area (Å²) in [5.41, 5.74) is 0.923. The standard InChI is InChI=1S/C11H13BrN2OS/c1-7-3-9(15-14-7)5-13-6-10-4-11(12)8(2)16-10/h3-4,13H,5-6H2,1-2H3. The van der Waals surface area contributed by atoms with E-state index in [2.05, 4.69) is 39.4 Å². The van der Waals surface area contributed by atoms with Crippen molar-refractivity contribution in [1.82, 2.24) is 10.5 Å². The molecule has 0 radical (unpaired) electrons. The van der Waals surface area contributed by atoms with Crippen LogP contribution in [0.3, 0.4) is 0 Å². The third kappa shape index (κ3) is 2.93. The number of aromatic nitrogens is 1. The molecule has 0 aliphatic heterocycles. The maximum Gasteiger partial charge on any atom is 0.150 e. The van der Waals surface area contributed by atoms with Gasteiger partial charge in [-0.3, -0.25) is 0 Å². The third-order valence-electron chi connectivity index (χ3n) is 2.18. The molecule has 1 N–H and O–H groups in total. The first-order valence-electron chi connectivity index (χ1n) is 5.03. The van der Waals surface area contributed by atoms with Crippen LogP contribution in [0.2, 0.25) is 0 Å². The molecule has 0 saturated carbocycles. The highest BCUT2D eigenvalue weighted by Gasteiger charge is 2.03. The minimum atomic E-state index is 0.718. The maximum atomic E-state index is 5.11. The molecule has 16 heavy (non-hydrogen) atoms. The zero-order valence-corrected chi connectivity index (χ0v) is 11.6. The predicted molar refractivity (Wildman–Crippen MR) is 68.5 cm³/mol. The number of halogens is 1. The Hall–Kier alpha value is -0.650. The van der Waals surface area contributed by atoms with Crippen LogP contribution in [0, 0.1) is 13.8 Å². The molecule has 0 spiro atoms. The highest BCUT2D eigenvalue weighted by Crippen LogP contribution is 2.26. The number of hydrogen-bond acceptors (Lipinski definition) is 4. The van der Waals surface area contributed by atoms with Crippen LogP contribution in [0.4, 0.5) is 0 Å². The molecule has 2 aromatic rings. The van der Waals surface area contributed by atoms with Gasteiger partial charge in [-0.05, 0) is 35.8 Å². The highest BCUT2D eigenvalue weighted by molar-refractivity contribution is 9.10. The van der Waals surface area contributed by atoms with Crippen molar-refractivity contribution < 1.29 is 4.52 Å². The van der Waals surface area contributed by atoms with Gasteiger partial charge in [0, 0.05) is 26.8 Å². The Labute approximate surface area is 107 Å². The second-order valence-electron chi connectivity index (χ2n) is 3.65. The monoisotopic (exact) mass is 300 g/mol. The van der Waals surface area contributed by atoms with Crippen molar-refractivity contribution >= 4 is 27.3 Å². The van der Waals surface area contributed by atoms with Crippen molar-refractivity contribution in [2.75, 3.05) is 0 Å². The van der Waals surface area contributed by atoms with Crippen LogP contribution in [-0.2, 0) is 13.1 Å². The minimum absolute atomic E-state index is 0.718. The first-order chi connectivity index (χ1) is 7.65. The Morgan fingerprint density at radius 2 is 2.19 bits per heavy atom. The Morgan fingerprint density at radius 3 is 2.75 bits per heavy atom. The summed E-state index contributed by atoms with van der Waals surface area (Å²) in [7, 11) is 0. The molecule has 0 unspecified atom stereocenters. The largest absolute Gasteiger partial charge is 0.360 e. The fraction of sp³-hybridized carbons (Fsp3) is 0.364. The quantitative estimate of drug-likeness (QED) is 0.940.